The summed E-state index contributed by atoms with van der Waals surface area (Å²) in [7, 11) is -9.88. The maximum Gasteiger partial charge on any atom is 0.472 e. The molecule has 0 saturated carbocycles. The van der Waals surface area contributed by atoms with E-state index in [1.165, 1.54) is 141 Å². The third kappa shape index (κ3) is 57.8. The number of aliphatic hydroxyl groups is 1. The van der Waals surface area contributed by atoms with Gasteiger partial charge in [-0.1, -0.05) is 279 Å². The first kappa shape index (κ1) is 82.1. The van der Waals surface area contributed by atoms with Crippen molar-refractivity contribution in [1.82, 2.24) is 0 Å². The number of carbonyl (C=O) groups excluding carboxylic acids is 4. The van der Waals surface area contributed by atoms with E-state index < -0.39 is 97.5 Å². The van der Waals surface area contributed by atoms with E-state index in [-0.39, 0.29) is 25.7 Å². The van der Waals surface area contributed by atoms with E-state index in [1.54, 1.807) is 0 Å². The topological polar surface area (TPSA) is 237 Å². The zero-order valence-electron chi connectivity index (χ0n) is 54.0. The zero-order chi connectivity index (χ0) is 62.0. The Morgan fingerprint density at radius 3 is 0.845 bits per heavy atom. The molecule has 0 aromatic carbocycles. The van der Waals surface area contributed by atoms with Crippen molar-refractivity contribution in [1.29, 1.82) is 0 Å². The molecule has 3 N–H and O–H groups in total. The molecule has 0 aliphatic rings. The summed E-state index contributed by atoms with van der Waals surface area (Å²) in [4.78, 5) is 71.9. The predicted octanol–water partition coefficient (Wildman–Crippen LogP) is 18.2. The van der Waals surface area contributed by atoms with Crippen LogP contribution in [0.25, 0.3) is 0 Å². The average molecular weight is 1240 g/mol. The second-order valence-corrected chi connectivity index (χ2v) is 26.7. The molecule has 19 heteroatoms. The number of esters is 4. The number of unbranched alkanes of at least 4 members (excludes halogenated alkanes) is 36. The van der Waals surface area contributed by atoms with Gasteiger partial charge in [-0.05, 0) is 31.6 Å². The molecule has 0 aromatic heterocycles. The van der Waals surface area contributed by atoms with Gasteiger partial charge in [0.25, 0.3) is 0 Å². The highest BCUT2D eigenvalue weighted by Gasteiger charge is 2.30. The molecule has 0 radical (unpaired) electrons. The van der Waals surface area contributed by atoms with Gasteiger partial charge in [-0.15, -0.1) is 0 Å². The number of carbonyl (C=O) groups is 4. The molecule has 6 atom stereocenters. The first-order valence-electron chi connectivity index (χ1n) is 34.2. The normalized spacial score (nSPS) is 14.5. The maximum absolute atomic E-state index is 13.0. The Morgan fingerprint density at radius 2 is 0.571 bits per heavy atom. The Bertz CT molecular complexity index is 1640. The fourth-order valence-corrected chi connectivity index (χ4v) is 11.3. The summed E-state index contributed by atoms with van der Waals surface area (Å²) >= 11 is 0. The Morgan fingerprint density at radius 1 is 0.333 bits per heavy atom. The van der Waals surface area contributed by atoms with Crippen LogP contribution in [0.1, 0.15) is 330 Å². The van der Waals surface area contributed by atoms with E-state index in [9.17, 15) is 43.2 Å². The first-order valence-corrected chi connectivity index (χ1v) is 37.2. The molecular formula is C65H126O17P2. The standard InChI is InChI=1S/C65H126O17P2/c1-6-10-13-16-18-20-21-22-23-24-25-26-27-32-36-41-46-51-65(70)82-61(55-76-63(68)49-44-39-35-31-29-28-30-33-38-42-47-58(5)9-4)57-80-84(73,74)78-53-59(66)52-77-83(71,72)79-56-60(54-75-62(67)48-43-37-15-12-8-3)81-64(69)50-45-40-34-19-17-14-11-7-2/h58-61,66H,6-57H2,1-5H3,(H,71,72)(H,73,74)/t58?,59-,60+,61+/m0/s1. The zero-order valence-corrected chi connectivity index (χ0v) is 55.8. The van der Waals surface area contributed by atoms with Gasteiger partial charge in [0.05, 0.1) is 26.4 Å². The monoisotopic (exact) mass is 1240 g/mol. The highest BCUT2D eigenvalue weighted by molar-refractivity contribution is 7.47. The van der Waals surface area contributed by atoms with Gasteiger partial charge in [0, 0.05) is 25.7 Å². The molecule has 0 aliphatic carbocycles. The number of aliphatic hydroxyl groups excluding tert-OH is 1. The second kappa shape index (κ2) is 58.7. The van der Waals surface area contributed by atoms with Crippen LogP contribution in [0.5, 0.6) is 0 Å². The Balaban J connectivity index is 5.15. The van der Waals surface area contributed by atoms with Gasteiger partial charge in [0.1, 0.15) is 19.3 Å². The average Bonchev–Trinajstić information content (AvgIpc) is 3.58. The van der Waals surface area contributed by atoms with Gasteiger partial charge >= 0.3 is 39.5 Å². The summed E-state index contributed by atoms with van der Waals surface area (Å²) in [6.07, 6.45) is 43.5. The van der Waals surface area contributed by atoms with Crippen LogP contribution >= 0.6 is 15.6 Å². The summed E-state index contributed by atoms with van der Waals surface area (Å²) < 4.78 is 67.8. The molecule has 498 valence electrons. The lowest BCUT2D eigenvalue weighted by atomic mass is 9.99. The molecule has 17 nitrogen and oxygen atoms in total. The number of phosphoric ester groups is 2. The van der Waals surface area contributed by atoms with E-state index in [4.69, 9.17) is 37.0 Å². The molecule has 0 saturated heterocycles. The van der Waals surface area contributed by atoms with Gasteiger partial charge in [-0.25, -0.2) is 9.13 Å². The second-order valence-electron chi connectivity index (χ2n) is 23.7. The van der Waals surface area contributed by atoms with Crippen LogP contribution in [0.15, 0.2) is 0 Å². The number of rotatable bonds is 65. The van der Waals surface area contributed by atoms with Crippen LogP contribution in [-0.4, -0.2) is 96.7 Å². The Kier molecular flexibility index (Phi) is 57.4. The van der Waals surface area contributed by atoms with Crippen LogP contribution in [0, 0.1) is 5.92 Å². The molecule has 0 amide bonds. The minimum absolute atomic E-state index is 0.104. The van der Waals surface area contributed by atoms with Crippen LogP contribution in [-0.2, 0) is 65.4 Å². The fraction of sp³-hybridized carbons (Fsp3) is 0.938. The fourth-order valence-electron chi connectivity index (χ4n) is 9.73. The van der Waals surface area contributed by atoms with Crippen molar-refractivity contribution in [2.45, 2.75) is 348 Å². The van der Waals surface area contributed by atoms with Crippen molar-refractivity contribution in [2.24, 2.45) is 5.92 Å². The molecule has 0 aromatic rings. The summed E-state index contributed by atoms with van der Waals surface area (Å²) in [5, 5.41) is 10.5. The van der Waals surface area contributed by atoms with Gasteiger partial charge in [-0.2, -0.15) is 0 Å². The van der Waals surface area contributed by atoms with Crippen molar-refractivity contribution in [3.63, 3.8) is 0 Å². The van der Waals surface area contributed by atoms with E-state index in [2.05, 4.69) is 34.6 Å². The predicted molar refractivity (Wildman–Crippen MR) is 335 cm³/mol. The maximum atomic E-state index is 13.0. The van der Waals surface area contributed by atoms with E-state index in [0.717, 1.165) is 109 Å². The minimum atomic E-state index is -4.94. The highest BCUT2D eigenvalue weighted by Crippen LogP contribution is 2.45. The van der Waals surface area contributed by atoms with Gasteiger partial charge in [0.2, 0.25) is 0 Å². The quantitative estimate of drug-likeness (QED) is 0.0222. The number of hydrogen-bond acceptors (Lipinski definition) is 15. The molecule has 0 spiro atoms. The number of phosphoric acid groups is 2. The van der Waals surface area contributed by atoms with Crippen molar-refractivity contribution in [3.05, 3.63) is 0 Å². The summed E-state index contributed by atoms with van der Waals surface area (Å²) in [5.41, 5.74) is 0. The third-order valence-electron chi connectivity index (χ3n) is 15.4. The molecule has 0 rings (SSSR count). The lowest BCUT2D eigenvalue weighted by Crippen LogP contribution is -2.30. The molecule has 0 heterocycles. The van der Waals surface area contributed by atoms with E-state index in [0.29, 0.717) is 25.7 Å². The van der Waals surface area contributed by atoms with Crippen molar-refractivity contribution >= 4 is 39.5 Å². The van der Waals surface area contributed by atoms with Gasteiger partial charge in [0.15, 0.2) is 12.2 Å². The largest absolute Gasteiger partial charge is 0.472 e. The molecular weight excluding hydrogens is 1110 g/mol. The van der Waals surface area contributed by atoms with E-state index in [1.807, 2.05) is 0 Å². The van der Waals surface area contributed by atoms with Crippen LogP contribution < -0.4 is 0 Å². The Labute approximate surface area is 511 Å². The third-order valence-corrected chi connectivity index (χ3v) is 17.3. The van der Waals surface area contributed by atoms with E-state index >= 15 is 0 Å². The van der Waals surface area contributed by atoms with Crippen LogP contribution in [0.2, 0.25) is 0 Å². The molecule has 0 fully saturated rings. The van der Waals surface area contributed by atoms with Crippen molar-refractivity contribution < 1.29 is 80.2 Å². The van der Waals surface area contributed by atoms with Gasteiger partial charge < -0.3 is 33.8 Å². The van der Waals surface area contributed by atoms with Crippen LogP contribution in [0.3, 0.4) is 0 Å². The SMILES string of the molecule is CCCCCCCCCCCCCCCCCCCC(=O)O[C@H](COC(=O)CCCCCCCCCCCCC(C)CC)COP(=O)(O)OC[C@@H](O)COP(=O)(O)OC[C@@H](COC(=O)CCCCCCC)OC(=O)CCCCCCCCCC. The lowest BCUT2D eigenvalue weighted by molar-refractivity contribution is -0.161. The molecule has 0 aliphatic heterocycles. The summed E-state index contributed by atoms with van der Waals surface area (Å²) in [5.74, 6) is -1.33. The highest BCUT2D eigenvalue weighted by atomic mass is 31.2. The summed E-state index contributed by atoms with van der Waals surface area (Å²) in [6, 6.07) is 0. The molecule has 3 unspecified atom stereocenters. The first-order chi connectivity index (χ1) is 40.6. The molecule has 84 heavy (non-hydrogen) atoms. The Hall–Kier alpha value is -1.94. The lowest BCUT2D eigenvalue weighted by Gasteiger charge is -2.21. The smallest absolute Gasteiger partial charge is 0.462 e. The van der Waals surface area contributed by atoms with Crippen molar-refractivity contribution in [2.75, 3.05) is 39.6 Å². The van der Waals surface area contributed by atoms with Crippen molar-refractivity contribution in [3.8, 4) is 0 Å². The minimum Gasteiger partial charge on any atom is -0.462 e. The molecule has 0 bridgehead atoms. The van der Waals surface area contributed by atoms with Gasteiger partial charge in [-0.3, -0.25) is 37.3 Å². The number of hydrogen-bond donors (Lipinski definition) is 3. The van der Waals surface area contributed by atoms with Crippen LogP contribution in [0.4, 0.5) is 0 Å². The number of ether oxygens (including phenoxy) is 4. The summed E-state index contributed by atoms with van der Waals surface area (Å²) in [6.45, 7) is 7.12.